The molecule has 0 unspecified atom stereocenters. The lowest BCUT2D eigenvalue weighted by molar-refractivity contribution is 0.318. The van der Waals surface area contributed by atoms with Gasteiger partial charge in [-0.3, -0.25) is 0 Å². The number of nitrogens with one attached hydrogen (secondary N) is 1. The summed E-state index contributed by atoms with van der Waals surface area (Å²) >= 11 is 0. The van der Waals surface area contributed by atoms with Gasteiger partial charge in [0.2, 0.25) is 0 Å². The fraction of sp³-hybridized carbons (Fsp3) is 0.200. The van der Waals surface area contributed by atoms with Crippen LogP contribution in [0.3, 0.4) is 0 Å². The van der Waals surface area contributed by atoms with E-state index in [1.807, 2.05) is 36.4 Å². The van der Waals surface area contributed by atoms with Gasteiger partial charge in [-0.05, 0) is 30.7 Å². The summed E-state index contributed by atoms with van der Waals surface area (Å²) in [5.41, 5.74) is 2.62. The van der Waals surface area contributed by atoms with Crippen LogP contribution in [0, 0.1) is 0 Å². The second-order valence-electron chi connectivity index (χ2n) is 4.30. The minimum atomic E-state index is 0.704. The fourth-order valence-electron chi connectivity index (χ4n) is 1.97. The Morgan fingerprint density at radius 1 is 1.16 bits per heavy atom. The topological polar surface area (TPSA) is 50.8 Å². The molecule has 0 aliphatic heterocycles. The number of pyridine rings is 1. The number of fused-ring (bicyclic) bond motifs is 1. The van der Waals surface area contributed by atoms with Crippen LogP contribution in [0.4, 0.5) is 0 Å². The van der Waals surface area contributed by atoms with E-state index in [0.717, 1.165) is 34.7 Å². The van der Waals surface area contributed by atoms with Crippen molar-refractivity contribution >= 4 is 11.2 Å². The second-order valence-corrected chi connectivity index (χ2v) is 4.30. The molecule has 4 nitrogen and oxygen atoms in total. The number of rotatable bonds is 4. The Labute approximate surface area is 111 Å². The molecule has 0 radical (unpaired) electrons. The monoisotopic (exact) mass is 253 g/mol. The minimum absolute atomic E-state index is 0.704. The summed E-state index contributed by atoms with van der Waals surface area (Å²) in [7, 11) is 0. The van der Waals surface area contributed by atoms with E-state index in [-0.39, 0.29) is 0 Å². The molecule has 19 heavy (non-hydrogen) atoms. The van der Waals surface area contributed by atoms with E-state index in [0.29, 0.717) is 6.61 Å². The average molecular weight is 253 g/mol. The van der Waals surface area contributed by atoms with Gasteiger partial charge in [0, 0.05) is 6.20 Å². The quantitative estimate of drug-likeness (QED) is 0.775. The maximum absolute atomic E-state index is 5.76. The number of hydrogen-bond donors (Lipinski definition) is 1. The first kappa shape index (κ1) is 11.7. The van der Waals surface area contributed by atoms with Gasteiger partial charge in [0.25, 0.3) is 0 Å². The number of hydrogen-bond acceptors (Lipinski definition) is 3. The largest absolute Gasteiger partial charge is 0.493 e. The molecule has 1 N–H and O–H groups in total. The minimum Gasteiger partial charge on any atom is -0.493 e. The summed E-state index contributed by atoms with van der Waals surface area (Å²) < 4.78 is 5.76. The van der Waals surface area contributed by atoms with Crippen LogP contribution in [0.25, 0.3) is 22.6 Å². The standard InChI is InChI=1S/C15H15N3O/c1-2-10-19-13-8-4-3-6-11(13)14-17-12-7-5-9-16-15(12)18-14/h3-9H,2,10H2,1H3,(H,16,17,18). The van der Waals surface area contributed by atoms with Crippen molar-refractivity contribution in [2.75, 3.05) is 6.61 Å². The zero-order valence-corrected chi connectivity index (χ0v) is 10.8. The number of para-hydroxylation sites is 1. The predicted octanol–water partition coefficient (Wildman–Crippen LogP) is 3.41. The average Bonchev–Trinajstić information content (AvgIpc) is 2.89. The second kappa shape index (κ2) is 5.10. The van der Waals surface area contributed by atoms with Crippen LogP contribution in [0.1, 0.15) is 13.3 Å². The molecule has 0 saturated heterocycles. The number of benzene rings is 1. The molecule has 3 aromatic rings. The van der Waals surface area contributed by atoms with Crippen molar-refractivity contribution in [2.24, 2.45) is 0 Å². The van der Waals surface area contributed by atoms with Crippen molar-refractivity contribution < 1.29 is 4.74 Å². The van der Waals surface area contributed by atoms with Gasteiger partial charge < -0.3 is 9.72 Å². The molecular weight excluding hydrogens is 238 g/mol. The van der Waals surface area contributed by atoms with Crippen molar-refractivity contribution in [1.82, 2.24) is 15.0 Å². The van der Waals surface area contributed by atoms with Crippen LogP contribution in [0.5, 0.6) is 5.75 Å². The van der Waals surface area contributed by atoms with Crippen LogP contribution in [0.15, 0.2) is 42.6 Å². The van der Waals surface area contributed by atoms with Gasteiger partial charge in [-0.2, -0.15) is 0 Å². The Morgan fingerprint density at radius 2 is 2.05 bits per heavy atom. The molecule has 0 spiro atoms. The van der Waals surface area contributed by atoms with E-state index in [9.17, 15) is 0 Å². The third kappa shape index (κ3) is 2.29. The maximum atomic E-state index is 5.76. The number of imidazole rings is 1. The Morgan fingerprint density at radius 3 is 2.89 bits per heavy atom. The lowest BCUT2D eigenvalue weighted by Crippen LogP contribution is -1.97. The Bertz CT molecular complexity index is 657. The highest BCUT2D eigenvalue weighted by molar-refractivity contribution is 5.77. The first-order chi connectivity index (χ1) is 9.38. The van der Waals surface area contributed by atoms with Gasteiger partial charge in [-0.1, -0.05) is 19.1 Å². The summed E-state index contributed by atoms with van der Waals surface area (Å²) in [6.07, 6.45) is 2.72. The summed E-state index contributed by atoms with van der Waals surface area (Å²) in [5, 5.41) is 0. The lowest BCUT2D eigenvalue weighted by Gasteiger charge is -2.08. The van der Waals surface area contributed by atoms with Gasteiger partial charge in [0.1, 0.15) is 11.6 Å². The molecule has 0 atom stereocenters. The van der Waals surface area contributed by atoms with Crippen LogP contribution in [0.2, 0.25) is 0 Å². The summed E-state index contributed by atoms with van der Waals surface area (Å²) in [6.45, 7) is 2.79. The van der Waals surface area contributed by atoms with E-state index in [1.54, 1.807) is 6.20 Å². The molecule has 2 heterocycles. The van der Waals surface area contributed by atoms with Crippen LogP contribution < -0.4 is 4.74 Å². The molecule has 0 saturated carbocycles. The highest BCUT2D eigenvalue weighted by Gasteiger charge is 2.10. The van der Waals surface area contributed by atoms with Gasteiger partial charge in [0.05, 0.1) is 17.7 Å². The van der Waals surface area contributed by atoms with Crippen molar-refractivity contribution in [2.45, 2.75) is 13.3 Å². The zero-order valence-electron chi connectivity index (χ0n) is 10.8. The van der Waals surface area contributed by atoms with Crippen molar-refractivity contribution in [3.63, 3.8) is 0 Å². The van der Waals surface area contributed by atoms with Gasteiger partial charge in [0.15, 0.2) is 5.65 Å². The van der Waals surface area contributed by atoms with E-state index in [1.165, 1.54) is 0 Å². The molecule has 96 valence electrons. The number of aromatic nitrogens is 3. The summed E-state index contributed by atoms with van der Waals surface area (Å²) in [6, 6.07) is 11.8. The number of H-pyrrole nitrogens is 1. The smallest absolute Gasteiger partial charge is 0.178 e. The van der Waals surface area contributed by atoms with E-state index in [4.69, 9.17) is 4.74 Å². The van der Waals surface area contributed by atoms with Crippen LogP contribution in [-0.4, -0.2) is 21.6 Å². The Kier molecular flexibility index (Phi) is 3.14. The third-order valence-corrected chi connectivity index (χ3v) is 2.86. The van der Waals surface area contributed by atoms with E-state index in [2.05, 4.69) is 21.9 Å². The highest BCUT2D eigenvalue weighted by Crippen LogP contribution is 2.28. The number of nitrogens with zero attached hydrogens (tertiary/aromatic N) is 2. The molecule has 4 heteroatoms. The molecule has 2 aromatic heterocycles. The first-order valence-corrected chi connectivity index (χ1v) is 6.41. The normalized spacial score (nSPS) is 10.8. The molecule has 0 bridgehead atoms. The zero-order chi connectivity index (χ0) is 13.1. The maximum Gasteiger partial charge on any atom is 0.178 e. The highest BCUT2D eigenvalue weighted by atomic mass is 16.5. The van der Waals surface area contributed by atoms with Crippen LogP contribution in [-0.2, 0) is 0 Å². The number of aromatic amines is 1. The van der Waals surface area contributed by atoms with Crippen molar-refractivity contribution in [1.29, 1.82) is 0 Å². The fourth-order valence-corrected chi connectivity index (χ4v) is 1.97. The third-order valence-electron chi connectivity index (χ3n) is 2.86. The molecule has 0 fully saturated rings. The van der Waals surface area contributed by atoms with E-state index >= 15 is 0 Å². The van der Waals surface area contributed by atoms with Gasteiger partial charge in [-0.25, -0.2) is 9.97 Å². The van der Waals surface area contributed by atoms with E-state index < -0.39 is 0 Å². The van der Waals surface area contributed by atoms with Crippen molar-refractivity contribution in [3.8, 4) is 17.1 Å². The Balaban J connectivity index is 2.05. The molecular formula is C15H15N3O. The first-order valence-electron chi connectivity index (χ1n) is 6.41. The summed E-state index contributed by atoms with van der Waals surface area (Å²) in [5.74, 6) is 1.64. The van der Waals surface area contributed by atoms with Gasteiger partial charge in [-0.15, -0.1) is 0 Å². The lowest BCUT2D eigenvalue weighted by atomic mass is 10.2. The van der Waals surface area contributed by atoms with Crippen molar-refractivity contribution in [3.05, 3.63) is 42.6 Å². The Hall–Kier alpha value is -2.36. The molecule has 0 amide bonds. The molecule has 0 aliphatic rings. The molecule has 0 aliphatic carbocycles. The van der Waals surface area contributed by atoms with Crippen LogP contribution >= 0.6 is 0 Å². The number of ether oxygens (including phenoxy) is 1. The molecule has 1 aromatic carbocycles. The SMILES string of the molecule is CCCOc1ccccc1-c1nc2ncccc2[nH]1. The summed E-state index contributed by atoms with van der Waals surface area (Å²) in [4.78, 5) is 12.0. The predicted molar refractivity (Wildman–Crippen MR) is 75.1 cm³/mol. The van der Waals surface area contributed by atoms with Gasteiger partial charge >= 0.3 is 0 Å². The molecule has 3 rings (SSSR count).